The van der Waals surface area contributed by atoms with Crippen molar-refractivity contribution < 1.29 is 13.2 Å². The first-order valence-electron chi connectivity index (χ1n) is 5.86. The van der Waals surface area contributed by atoms with Gasteiger partial charge in [0.25, 0.3) is 0 Å². The maximum absolute atomic E-state index is 11.6. The molecule has 1 fully saturated rings. The van der Waals surface area contributed by atoms with Gasteiger partial charge in [0, 0.05) is 19.0 Å². The number of carbonyl (C=O) groups is 1. The number of hydrogen-bond acceptors (Lipinski definition) is 3. The zero-order valence-electron chi connectivity index (χ0n) is 9.82. The number of halogens is 1. The van der Waals surface area contributed by atoms with Gasteiger partial charge in [0.15, 0.2) is 0 Å². The van der Waals surface area contributed by atoms with E-state index in [0.717, 1.165) is 25.9 Å². The van der Waals surface area contributed by atoms with Crippen LogP contribution in [0.25, 0.3) is 0 Å². The third-order valence-corrected chi connectivity index (χ3v) is 4.38. The Morgan fingerprint density at radius 2 is 1.88 bits per heavy atom. The fraction of sp³-hybridized carbons (Fsp3) is 0.900. The van der Waals surface area contributed by atoms with Gasteiger partial charge in [-0.3, -0.25) is 4.79 Å². The molecule has 1 saturated heterocycles. The molecule has 0 aromatic heterocycles. The Balaban J connectivity index is 2.26. The highest BCUT2D eigenvalue weighted by Crippen LogP contribution is 2.07. The Labute approximate surface area is 108 Å². The highest BCUT2D eigenvalue weighted by Gasteiger charge is 2.19. The second-order valence-electron chi connectivity index (χ2n) is 4.12. The van der Waals surface area contributed by atoms with Crippen LogP contribution in [-0.4, -0.2) is 50.5 Å². The normalized spacial score (nSPS) is 16.4. The minimum atomic E-state index is -3.33. The van der Waals surface area contributed by atoms with Crippen molar-refractivity contribution in [2.24, 2.45) is 0 Å². The summed E-state index contributed by atoms with van der Waals surface area (Å²) in [6.45, 7) is 1.36. The van der Waals surface area contributed by atoms with E-state index in [9.17, 15) is 13.2 Å². The molecule has 5 nitrogen and oxygen atoms in total. The Hall–Kier alpha value is -0.330. The molecule has 7 heteroatoms. The van der Waals surface area contributed by atoms with Gasteiger partial charge in [0.05, 0.1) is 12.3 Å². The van der Waals surface area contributed by atoms with Crippen molar-refractivity contribution in [1.29, 1.82) is 0 Å². The van der Waals surface area contributed by atoms with Crippen LogP contribution in [0.2, 0.25) is 0 Å². The van der Waals surface area contributed by atoms with Crippen molar-refractivity contribution in [3.05, 3.63) is 0 Å². The summed E-state index contributed by atoms with van der Waals surface area (Å²) >= 11 is 5.47. The predicted molar refractivity (Wildman–Crippen MR) is 67.6 cm³/mol. The van der Waals surface area contributed by atoms with Crippen LogP contribution in [0.3, 0.4) is 0 Å². The van der Waals surface area contributed by atoms with Crippen LogP contribution in [0.15, 0.2) is 0 Å². The zero-order chi connectivity index (χ0) is 12.7. The number of rotatable bonds is 7. The quantitative estimate of drug-likeness (QED) is 0.548. The average Bonchev–Trinajstić information content (AvgIpc) is 2.80. The fourth-order valence-electron chi connectivity index (χ4n) is 1.71. The molecule has 17 heavy (non-hydrogen) atoms. The molecule has 0 aromatic rings. The van der Waals surface area contributed by atoms with Crippen molar-refractivity contribution in [3.8, 4) is 0 Å². The molecular weight excluding hydrogens is 264 g/mol. The van der Waals surface area contributed by atoms with Gasteiger partial charge in [0.2, 0.25) is 15.9 Å². The van der Waals surface area contributed by atoms with Crippen molar-refractivity contribution in [2.45, 2.75) is 25.7 Å². The largest absolute Gasteiger partial charge is 0.342 e. The second-order valence-corrected chi connectivity index (χ2v) is 6.43. The third kappa shape index (κ3) is 5.70. The summed E-state index contributed by atoms with van der Waals surface area (Å²) in [5, 5.41) is 0. The SMILES string of the molecule is O=C(CNS(=O)(=O)CCCCCl)N1CCCC1. The minimum Gasteiger partial charge on any atom is -0.342 e. The van der Waals surface area contributed by atoms with Crippen LogP contribution >= 0.6 is 11.6 Å². The second kappa shape index (κ2) is 7.18. The van der Waals surface area contributed by atoms with Gasteiger partial charge >= 0.3 is 0 Å². The maximum Gasteiger partial charge on any atom is 0.237 e. The summed E-state index contributed by atoms with van der Waals surface area (Å²) in [4.78, 5) is 13.3. The Morgan fingerprint density at radius 1 is 1.24 bits per heavy atom. The van der Waals surface area contributed by atoms with Crippen LogP contribution in [0, 0.1) is 0 Å². The van der Waals surface area contributed by atoms with Gasteiger partial charge in [0.1, 0.15) is 0 Å². The van der Waals surface area contributed by atoms with Crippen molar-refractivity contribution in [1.82, 2.24) is 9.62 Å². The molecule has 0 radical (unpaired) electrons. The van der Waals surface area contributed by atoms with Gasteiger partial charge in [-0.1, -0.05) is 0 Å². The molecule has 1 aliphatic heterocycles. The first-order chi connectivity index (χ1) is 8.05. The van der Waals surface area contributed by atoms with E-state index in [1.165, 1.54) is 0 Å². The van der Waals surface area contributed by atoms with Crippen molar-refractivity contribution in [2.75, 3.05) is 31.3 Å². The van der Waals surface area contributed by atoms with E-state index >= 15 is 0 Å². The molecule has 100 valence electrons. The number of nitrogens with zero attached hydrogens (tertiary/aromatic N) is 1. The molecular formula is C10H19ClN2O3S. The number of unbranched alkanes of at least 4 members (excludes halogenated alkanes) is 1. The van der Waals surface area contributed by atoms with Gasteiger partial charge in [-0.05, 0) is 25.7 Å². The van der Waals surface area contributed by atoms with Crippen LogP contribution in [-0.2, 0) is 14.8 Å². The monoisotopic (exact) mass is 282 g/mol. The number of alkyl halides is 1. The molecule has 0 spiro atoms. The molecule has 0 unspecified atom stereocenters. The molecule has 1 N–H and O–H groups in total. The van der Waals surface area contributed by atoms with Crippen molar-refractivity contribution >= 4 is 27.5 Å². The van der Waals surface area contributed by atoms with E-state index in [0.29, 0.717) is 18.7 Å². The lowest BCUT2D eigenvalue weighted by atomic mass is 10.4. The summed E-state index contributed by atoms with van der Waals surface area (Å²) in [5.41, 5.74) is 0. The summed E-state index contributed by atoms with van der Waals surface area (Å²) in [6, 6.07) is 0. The third-order valence-electron chi connectivity index (χ3n) is 2.70. The summed E-state index contributed by atoms with van der Waals surface area (Å²) in [7, 11) is -3.33. The summed E-state index contributed by atoms with van der Waals surface area (Å²) in [5.74, 6) is 0.360. The van der Waals surface area contributed by atoms with Gasteiger partial charge < -0.3 is 4.90 Å². The summed E-state index contributed by atoms with van der Waals surface area (Å²) in [6.07, 6.45) is 3.21. The lowest BCUT2D eigenvalue weighted by molar-refractivity contribution is -0.128. The van der Waals surface area contributed by atoms with Crippen LogP contribution < -0.4 is 4.72 Å². The molecule has 1 aliphatic rings. The van der Waals surface area contributed by atoms with E-state index in [2.05, 4.69) is 4.72 Å². The standard InChI is InChI=1S/C10H19ClN2O3S/c11-5-1-4-8-17(15,16)12-9-10(14)13-6-2-3-7-13/h12H,1-9H2. The van der Waals surface area contributed by atoms with Crippen LogP contribution in [0.4, 0.5) is 0 Å². The van der Waals surface area contributed by atoms with E-state index in [1.807, 2.05) is 0 Å². The molecule has 0 aliphatic carbocycles. The van der Waals surface area contributed by atoms with Crippen LogP contribution in [0.5, 0.6) is 0 Å². The molecule has 1 amide bonds. The Bertz CT molecular complexity index is 339. The van der Waals surface area contributed by atoms with Gasteiger partial charge in [-0.15, -0.1) is 11.6 Å². The number of sulfonamides is 1. The average molecular weight is 283 g/mol. The first-order valence-corrected chi connectivity index (χ1v) is 8.05. The van der Waals surface area contributed by atoms with Crippen LogP contribution in [0.1, 0.15) is 25.7 Å². The molecule has 0 saturated carbocycles. The summed E-state index contributed by atoms with van der Waals surface area (Å²) < 4.78 is 25.3. The molecule has 0 bridgehead atoms. The molecule has 1 heterocycles. The number of amides is 1. The highest BCUT2D eigenvalue weighted by molar-refractivity contribution is 7.89. The van der Waals surface area contributed by atoms with E-state index < -0.39 is 10.0 Å². The number of nitrogens with one attached hydrogen (secondary N) is 1. The maximum atomic E-state index is 11.6. The number of carbonyl (C=O) groups excluding carboxylic acids is 1. The topological polar surface area (TPSA) is 66.5 Å². The van der Waals surface area contributed by atoms with Gasteiger partial charge in [-0.2, -0.15) is 0 Å². The lowest BCUT2D eigenvalue weighted by Crippen LogP contribution is -2.39. The smallest absolute Gasteiger partial charge is 0.237 e. The van der Waals surface area contributed by atoms with Gasteiger partial charge in [-0.25, -0.2) is 13.1 Å². The first kappa shape index (κ1) is 14.7. The Kier molecular flexibility index (Phi) is 6.22. The highest BCUT2D eigenvalue weighted by atomic mass is 35.5. The Morgan fingerprint density at radius 3 is 2.47 bits per heavy atom. The number of likely N-dealkylation sites (tertiary alicyclic amines) is 1. The lowest BCUT2D eigenvalue weighted by Gasteiger charge is -2.15. The zero-order valence-corrected chi connectivity index (χ0v) is 11.4. The van der Waals surface area contributed by atoms with E-state index in [4.69, 9.17) is 11.6 Å². The minimum absolute atomic E-state index is 0.0347. The molecule has 0 aromatic carbocycles. The fourth-order valence-corrected chi connectivity index (χ4v) is 2.97. The van der Waals surface area contributed by atoms with E-state index in [1.54, 1.807) is 4.90 Å². The van der Waals surface area contributed by atoms with E-state index in [-0.39, 0.29) is 18.2 Å². The van der Waals surface area contributed by atoms with Crippen molar-refractivity contribution in [3.63, 3.8) is 0 Å². The molecule has 1 rings (SSSR count). The molecule has 0 atom stereocenters. The predicted octanol–water partition coefficient (Wildman–Crippen LogP) is 0.547. The number of hydrogen-bond donors (Lipinski definition) is 1.